The van der Waals surface area contributed by atoms with E-state index in [1.54, 1.807) is 0 Å². The lowest BCUT2D eigenvalue weighted by molar-refractivity contribution is 0.112. The number of aryl methyl sites for hydroxylation is 1. The lowest BCUT2D eigenvalue weighted by atomic mass is 10.1. The van der Waals surface area contributed by atoms with Crippen molar-refractivity contribution in [1.82, 2.24) is 4.98 Å². The van der Waals surface area contributed by atoms with Crippen molar-refractivity contribution >= 4 is 17.9 Å². The van der Waals surface area contributed by atoms with Gasteiger partial charge in [0.15, 0.2) is 17.7 Å². The molecule has 0 unspecified atom stereocenters. The molecule has 4 heteroatoms. The fourth-order valence-electron chi connectivity index (χ4n) is 1.30. The quantitative estimate of drug-likeness (QED) is 0.732. The topological polar surface area (TPSA) is 43.1 Å². The molecule has 0 aliphatic heterocycles. The van der Waals surface area contributed by atoms with Crippen LogP contribution in [0.2, 0.25) is 5.35 Å². The van der Waals surface area contributed by atoms with E-state index in [1.807, 2.05) is 31.2 Å². The van der Waals surface area contributed by atoms with Crippen LogP contribution in [0, 0.1) is 6.92 Å². The molecule has 1 heterocycles. The number of carbonyl (C=O) groups excluding carboxylic acids is 1. The molecule has 1 aromatic heterocycles. The zero-order chi connectivity index (χ0) is 10.8. The molecule has 1 aromatic carbocycles. The Kier molecular flexibility index (Phi) is 2.56. The fourth-order valence-corrected chi connectivity index (χ4v) is 1.46. The number of hydrogen-bond acceptors (Lipinski definition) is 3. The van der Waals surface area contributed by atoms with Crippen molar-refractivity contribution in [2.75, 3.05) is 0 Å². The maximum atomic E-state index is 10.7. The summed E-state index contributed by atoms with van der Waals surface area (Å²) in [5.74, 6) is 0.412. The average Bonchev–Trinajstić information content (AvgIpc) is 2.61. The van der Waals surface area contributed by atoms with Crippen molar-refractivity contribution in [2.24, 2.45) is 0 Å². The van der Waals surface area contributed by atoms with Gasteiger partial charge < -0.3 is 4.42 Å². The Morgan fingerprint density at radius 3 is 2.60 bits per heavy atom. The lowest BCUT2D eigenvalue weighted by Crippen LogP contribution is -1.84. The third-order valence-corrected chi connectivity index (χ3v) is 2.21. The third-order valence-electron chi connectivity index (χ3n) is 2.05. The molecule has 0 aliphatic rings. The van der Waals surface area contributed by atoms with Crippen molar-refractivity contribution < 1.29 is 9.21 Å². The van der Waals surface area contributed by atoms with Crippen LogP contribution in [0.4, 0.5) is 0 Å². The molecular weight excluding hydrogens is 214 g/mol. The Labute approximate surface area is 91.7 Å². The number of rotatable bonds is 2. The molecule has 76 valence electrons. The first-order valence-corrected chi connectivity index (χ1v) is 4.77. The molecule has 2 rings (SSSR count). The minimum Gasteiger partial charge on any atom is -0.427 e. The van der Waals surface area contributed by atoms with Crippen LogP contribution in [0.25, 0.3) is 11.3 Å². The summed E-state index contributed by atoms with van der Waals surface area (Å²) < 4.78 is 5.15. The molecule has 0 amide bonds. The second-order valence-electron chi connectivity index (χ2n) is 3.17. The first-order valence-electron chi connectivity index (χ1n) is 4.39. The Balaban J connectivity index is 2.52. The maximum absolute atomic E-state index is 10.7. The van der Waals surface area contributed by atoms with Crippen LogP contribution >= 0.6 is 11.6 Å². The van der Waals surface area contributed by atoms with Crippen molar-refractivity contribution in [3.05, 3.63) is 40.9 Å². The van der Waals surface area contributed by atoms with Gasteiger partial charge in [0.2, 0.25) is 0 Å². The van der Waals surface area contributed by atoms with Gasteiger partial charge in [-0.2, -0.15) is 4.98 Å². The lowest BCUT2D eigenvalue weighted by Gasteiger charge is -1.97. The predicted octanol–water partition coefficient (Wildman–Crippen LogP) is 3.12. The SMILES string of the molecule is Cc1ccc(-c2oc(Cl)nc2C=O)cc1. The van der Waals surface area contributed by atoms with Crippen LogP contribution in [0.1, 0.15) is 16.1 Å². The summed E-state index contributed by atoms with van der Waals surface area (Å²) >= 11 is 5.59. The van der Waals surface area contributed by atoms with Crippen LogP contribution < -0.4 is 0 Å². The van der Waals surface area contributed by atoms with E-state index in [9.17, 15) is 4.79 Å². The van der Waals surface area contributed by atoms with Crippen molar-refractivity contribution in [1.29, 1.82) is 0 Å². The molecule has 3 nitrogen and oxygen atoms in total. The van der Waals surface area contributed by atoms with Gasteiger partial charge in [-0.3, -0.25) is 4.79 Å². The van der Waals surface area contributed by atoms with Gasteiger partial charge in [-0.1, -0.05) is 29.8 Å². The van der Waals surface area contributed by atoms with Gasteiger partial charge in [0.1, 0.15) is 0 Å². The minimum atomic E-state index is -0.0207. The third kappa shape index (κ3) is 1.92. The zero-order valence-electron chi connectivity index (χ0n) is 8.03. The Bertz CT molecular complexity index is 488. The number of aldehydes is 1. The molecule has 0 aliphatic carbocycles. The Morgan fingerprint density at radius 1 is 1.33 bits per heavy atom. The Morgan fingerprint density at radius 2 is 2.00 bits per heavy atom. The van der Waals surface area contributed by atoms with E-state index in [-0.39, 0.29) is 11.0 Å². The summed E-state index contributed by atoms with van der Waals surface area (Å²) in [7, 11) is 0. The predicted molar refractivity (Wildman–Crippen MR) is 57.1 cm³/mol. The summed E-state index contributed by atoms with van der Waals surface area (Å²) in [5.41, 5.74) is 2.16. The molecule has 15 heavy (non-hydrogen) atoms. The van der Waals surface area contributed by atoms with E-state index in [4.69, 9.17) is 16.0 Å². The van der Waals surface area contributed by atoms with E-state index >= 15 is 0 Å². The minimum absolute atomic E-state index is 0.0207. The van der Waals surface area contributed by atoms with Gasteiger partial charge in [-0.05, 0) is 18.5 Å². The molecule has 0 bridgehead atoms. The average molecular weight is 222 g/mol. The second kappa shape index (κ2) is 3.87. The summed E-state index contributed by atoms with van der Waals surface area (Å²) in [6.07, 6.45) is 0.630. The van der Waals surface area contributed by atoms with Gasteiger partial charge in [-0.15, -0.1) is 0 Å². The van der Waals surface area contributed by atoms with Crippen molar-refractivity contribution in [3.8, 4) is 11.3 Å². The van der Waals surface area contributed by atoms with Crippen molar-refractivity contribution in [2.45, 2.75) is 6.92 Å². The molecule has 0 spiro atoms. The molecule has 0 N–H and O–H groups in total. The molecule has 0 saturated heterocycles. The van der Waals surface area contributed by atoms with Crippen LogP contribution in [0.3, 0.4) is 0 Å². The number of oxazole rings is 1. The highest BCUT2D eigenvalue weighted by Crippen LogP contribution is 2.26. The van der Waals surface area contributed by atoms with Gasteiger partial charge in [0, 0.05) is 5.56 Å². The Hall–Kier alpha value is -1.61. The number of carbonyl (C=O) groups is 1. The molecule has 0 saturated carbocycles. The summed E-state index contributed by atoms with van der Waals surface area (Å²) in [5, 5.41) is -0.0207. The number of nitrogens with zero attached hydrogens (tertiary/aromatic N) is 1. The first-order chi connectivity index (χ1) is 7.20. The van der Waals surface area contributed by atoms with E-state index in [0.29, 0.717) is 12.0 Å². The van der Waals surface area contributed by atoms with E-state index < -0.39 is 0 Å². The fraction of sp³-hybridized carbons (Fsp3) is 0.0909. The first kappa shape index (κ1) is 9.93. The highest BCUT2D eigenvalue weighted by Gasteiger charge is 2.12. The van der Waals surface area contributed by atoms with Gasteiger partial charge >= 0.3 is 0 Å². The van der Waals surface area contributed by atoms with E-state index in [0.717, 1.165) is 11.1 Å². The number of benzene rings is 1. The second-order valence-corrected chi connectivity index (χ2v) is 3.49. The molecular formula is C11H8ClNO2. The van der Waals surface area contributed by atoms with Gasteiger partial charge in [-0.25, -0.2) is 0 Å². The summed E-state index contributed by atoms with van der Waals surface area (Å²) in [6.45, 7) is 1.98. The van der Waals surface area contributed by atoms with E-state index in [2.05, 4.69) is 4.98 Å². The molecule has 0 fully saturated rings. The summed E-state index contributed by atoms with van der Waals surface area (Å²) in [6, 6.07) is 7.58. The normalized spacial score (nSPS) is 10.3. The standard InChI is InChI=1S/C11H8ClNO2/c1-7-2-4-8(5-3-7)10-9(6-14)13-11(12)15-10/h2-6H,1H3. The monoisotopic (exact) mass is 221 g/mol. The van der Waals surface area contributed by atoms with Gasteiger partial charge in [0.25, 0.3) is 5.35 Å². The van der Waals surface area contributed by atoms with Crippen LogP contribution in [-0.4, -0.2) is 11.3 Å². The number of hydrogen-bond donors (Lipinski definition) is 0. The van der Waals surface area contributed by atoms with Crippen LogP contribution in [0.15, 0.2) is 28.7 Å². The number of aromatic nitrogens is 1. The number of halogens is 1. The highest BCUT2D eigenvalue weighted by atomic mass is 35.5. The summed E-state index contributed by atoms with van der Waals surface area (Å²) in [4.78, 5) is 14.5. The zero-order valence-corrected chi connectivity index (χ0v) is 8.78. The maximum Gasteiger partial charge on any atom is 0.293 e. The smallest absolute Gasteiger partial charge is 0.293 e. The molecule has 2 aromatic rings. The van der Waals surface area contributed by atoms with Crippen molar-refractivity contribution in [3.63, 3.8) is 0 Å². The molecule has 0 radical (unpaired) electrons. The molecule has 0 atom stereocenters. The van der Waals surface area contributed by atoms with Crippen LogP contribution in [-0.2, 0) is 0 Å². The van der Waals surface area contributed by atoms with Crippen LogP contribution in [0.5, 0.6) is 0 Å². The van der Waals surface area contributed by atoms with E-state index in [1.165, 1.54) is 0 Å². The van der Waals surface area contributed by atoms with Gasteiger partial charge in [0.05, 0.1) is 0 Å². The highest BCUT2D eigenvalue weighted by molar-refractivity contribution is 6.28. The largest absolute Gasteiger partial charge is 0.427 e.